The highest BCUT2D eigenvalue weighted by atomic mass is 35.5. The van der Waals surface area contributed by atoms with Crippen LogP contribution < -0.4 is 9.47 Å². The smallest absolute Gasteiger partial charge is 0.311 e. The first-order chi connectivity index (χ1) is 18.2. The van der Waals surface area contributed by atoms with Gasteiger partial charge in [0.05, 0.1) is 36.3 Å². The van der Waals surface area contributed by atoms with Crippen LogP contribution >= 0.6 is 11.6 Å². The van der Waals surface area contributed by atoms with Crippen LogP contribution in [0.25, 0.3) is 10.9 Å². The molecule has 0 amide bonds. The molecule has 1 aromatic heterocycles. The van der Waals surface area contributed by atoms with Crippen molar-refractivity contribution in [3.8, 4) is 11.5 Å². The van der Waals surface area contributed by atoms with Crippen molar-refractivity contribution in [1.29, 1.82) is 0 Å². The highest BCUT2D eigenvalue weighted by Crippen LogP contribution is 2.41. The third-order valence-corrected chi connectivity index (χ3v) is 7.54. The Kier molecular flexibility index (Phi) is 9.02. The standard InChI is InChI=1S/C28H31ClF2N2O5/c1-36-20-3-4-24-22(16-20)26(23(29)17-32-24)25(34)5-6-28(27(35)37-2)7-9-33(10-8-28)11-12-38-21-14-18(30)13-19(31)15-21/h3-4,13-17,25,34H,5-12H2,1-2H3/t25-/m0/s1. The number of pyridine rings is 1. The molecule has 204 valence electrons. The molecular weight excluding hydrogens is 518 g/mol. The molecule has 10 heteroatoms. The van der Waals surface area contributed by atoms with E-state index in [-0.39, 0.29) is 18.3 Å². The molecule has 1 aliphatic heterocycles. The maximum absolute atomic E-state index is 13.4. The Morgan fingerprint density at radius 3 is 2.50 bits per heavy atom. The van der Waals surface area contributed by atoms with E-state index >= 15 is 0 Å². The van der Waals surface area contributed by atoms with Gasteiger partial charge in [-0.25, -0.2) is 8.78 Å². The molecular formula is C28H31ClF2N2O5. The van der Waals surface area contributed by atoms with Crippen molar-refractivity contribution < 1.29 is 32.9 Å². The van der Waals surface area contributed by atoms with Crippen LogP contribution in [0.5, 0.6) is 11.5 Å². The van der Waals surface area contributed by atoms with Gasteiger partial charge in [0.25, 0.3) is 0 Å². The van der Waals surface area contributed by atoms with E-state index in [1.807, 2.05) is 0 Å². The van der Waals surface area contributed by atoms with Crippen LogP contribution in [0.3, 0.4) is 0 Å². The maximum atomic E-state index is 13.4. The van der Waals surface area contributed by atoms with E-state index in [4.69, 9.17) is 25.8 Å². The van der Waals surface area contributed by atoms with Crippen molar-refractivity contribution in [2.75, 3.05) is 40.5 Å². The monoisotopic (exact) mass is 548 g/mol. The van der Waals surface area contributed by atoms with E-state index in [2.05, 4.69) is 9.88 Å². The van der Waals surface area contributed by atoms with Gasteiger partial charge in [0.1, 0.15) is 29.7 Å². The Morgan fingerprint density at radius 1 is 1.13 bits per heavy atom. The predicted molar refractivity (Wildman–Crippen MR) is 139 cm³/mol. The van der Waals surface area contributed by atoms with Gasteiger partial charge >= 0.3 is 5.97 Å². The normalized spacial score (nSPS) is 16.3. The molecule has 0 aliphatic carbocycles. The Bertz CT molecular complexity index is 1260. The van der Waals surface area contributed by atoms with Gasteiger partial charge in [-0.05, 0) is 57.0 Å². The van der Waals surface area contributed by atoms with Gasteiger partial charge in [-0.15, -0.1) is 0 Å². The number of methoxy groups -OCH3 is 2. The summed E-state index contributed by atoms with van der Waals surface area (Å²) in [5.74, 6) is -0.924. The quantitative estimate of drug-likeness (QED) is 0.343. The highest BCUT2D eigenvalue weighted by molar-refractivity contribution is 6.32. The number of aromatic nitrogens is 1. The summed E-state index contributed by atoms with van der Waals surface area (Å²) in [5.41, 5.74) is 0.494. The number of aliphatic hydroxyl groups excluding tert-OH is 1. The predicted octanol–water partition coefficient (Wildman–Crippen LogP) is 5.32. The number of fused-ring (bicyclic) bond motifs is 1. The fourth-order valence-corrected chi connectivity index (χ4v) is 5.35. The summed E-state index contributed by atoms with van der Waals surface area (Å²) >= 11 is 6.45. The van der Waals surface area contributed by atoms with Crippen molar-refractivity contribution >= 4 is 28.5 Å². The van der Waals surface area contributed by atoms with Crippen molar-refractivity contribution in [3.05, 3.63) is 64.8 Å². The van der Waals surface area contributed by atoms with Gasteiger partial charge in [0.2, 0.25) is 0 Å². The molecule has 7 nitrogen and oxygen atoms in total. The number of benzene rings is 2. The SMILES string of the molecule is COC(=O)C1(CC[C@H](O)c2c(Cl)cnc3ccc(OC)cc23)CCN(CCOc2cc(F)cc(F)c2)CC1. The van der Waals surface area contributed by atoms with E-state index in [0.717, 1.165) is 18.2 Å². The lowest BCUT2D eigenvalue weighted by Crippen LogP contribution is -2.46. The first-order valence-electron chi connectivity index (χ1n) is 12.4. The number of carbonyl (C=O) groups excluding carboxylic acids is 1. The Labute approximate surface area is 225 Å². The molecule has 1 atom stereocenters. The van der Waals surface area contributed by atoms with Gasteiger partial charge in [-0.2, -0.15) is 0 Å². The third-order valence-electron chi connectivity index (χ3n) is 7.24. The number of likely N-dealkylation sites (tertiary alicyclic amines) is 1. The van der Waals surface area contributed by atoms with E-state index in [9.17, 15) is 18.7 Å². The van der Waals surface area contributed by atoms with Crippen LogP contribution in [-0.2, 0) is 9.53 Å². The molecule has 4 rings (SSSR count). The summed E-state index contributed by atoms with van der Waals surface area (Å²) in [6.45, 7) is 2.02. The Hall–Kier alpha value is -3.01. The fraction of sp³-hybridized carbons (Fsp3) is 0.429. The van der Waals surface area contributed by atoms with Crippen molar-refractivity contribution in [2.45, 2.75) is 31.8 Å². The molecule has 0 radical (unpaired) electrons. The van der Waals surface area contributed by atoms with Crippen LogP contribution in [0.2, 0.25) is 5.02 Å². The Balaban J connectivity index is 1.39. The second-order valence-corrected chi connectivity index (χ2v) is 9.93. The number of carbonyl (C=O) groups is 1. The number of ether oxygens (including phenoxy) is 3. The molecule has 1 N–H and O–H groups in total. The van der Waals surface area contributed by atoms with Crippen LogP contribution in [0.4, 0.5) is 8.78 Å². The van der Waals surface area contributed by atoms with Crippen molar-refractivity contribution in [2.24, 2.45) is 5.41 Å². The molecule has 0 saturated carbocycles. The maximum Gasteiger partial charge on any atom is 0.311 e. The molecule has 2 heterocycles. The first kappa shape index (κ1) is 28.0. The van der Waals surface area contributed by atoms with Gasteiger partial charge in [0.15, 0.2) is 0 Å². The summed E-state index contributed by atoms with van der Waals surface area (Å²) in [4.78, 5) is 19.4. The largest absolute Gasteiger partial charge is 0.497 e. The van der Waals surface area contributed by atoms with Crippen LogP contribution in [0, 0.1) is 17.0 Å². The minimum atomic E-state index is -0.917. The lowest BCUT2D eigenvalue weighted by molar-refractivity contribution is -0.157. The van der Waals surface area contributed by atoms with Crippen LogP contribution in [-0.4, -0.2) is 61.4 Å². The van der Waals surface area contributed by atoms with Crippen LogP contribution in [0.15, 0.2) is 42.6 Å². The minimum absolute atomic E-state index is 0.136. The topological polar surface area (TPSA) is 81.1 Å². The second kappa shape index (κ2) is 12.2. The number of esters is 1. The van der Waals surface area contributed by atoms with E-state index in [1.165, 1.54) is 13.3 Å². The summed E-state index contributed by atoms with van der Waals surface area (Å²) in [5, 5.41) is 12.2. The summed E-state index contributed by atoms with van der Waals surface area (Å²) in [6.07, 6.45) is 2.40. The molecule has 1 saturated heterocycles. The zero-order valence-electron chi connectivity index (χ0n) is 21.4. The summed E-state index contributed by atoms with van der Waals surface area (Å²) < 4.78 is 42.7. The minimum Gasteiger partial charge on any atom is -0.497 e. The van der Waals surface area contributed by atoms with Crippen molar-refractivity contribution in [3.63, 3.8) is 0 Å². The van der Waals surface area contributed by atoms with E-state index in [0.29, 0.717) is 72.6 Å². The van der Waals surface area contributed by atoms with E-state index < -0.39 is 23.2 Å². The zero-order valence-corrected chi connectivity index (χ0v) is 22.1. The molecule has 0 bridgehead atoms. The number of aliphatic hydroxyl groups is 1. The number of hydrogen-bond donors (Lipinski definition) is 1. The third kappa shape index (κ3) is 6.34. The lowest BCUT2D eigenvalue weighted by atomic mass is 9.74. The highest BCUT2D eigenvalue weighted by Gasteiger charge is 2.42. The molecule has 1 aliphatic rings. The number of rotatable bonds is 10. The summed E-state index contributed by atoms with van der Waals surface area (Å²) in [7, 11) is 2.94. The fourth-order valence-electron chi connectivity index (χ4n) is 5.07. The average molecular weight is 549 g/mol. The Morgan fingerprint density at radius 2 is 1.84 bits per heavy atom. The van der Waals surface area contributed by atoms with E-state index in [1.54, 1.807) is 25.3 Å². The molecule has 38 heavy (non-hydrogen) atoms. The molecule has 0 spiro atoms. The number of piperidine rings is 1. The average Bonchev–Trinajstić information content (AvgIpc) is 2.91. The van der Waals surface area contributed by atoms with Gasteiger partial charge in [-0.3, -0.25) is 14.7 Å². The number of nitrogens with zero attached hydrogens (tertiary/aromatic N) is 2. The lowest BCUT2D eigenvalue weighted by Gasteiger charge is -2.40. The molecule has 2 aromatic carbocycles. The number of halogens is 3. The van der Waals surface area contributed by atoms with Crippen LogP contribution in [0.1, 0.15) is 37.4 Å². The molecule has 1 fully saturated rings. The van der Waals surface area contributed by atoms with Gasteiger partial charge < -0.3 is 19.3 Å². The second-order valence-electron chi connectivity index (χ2n) is 9.52. The number of hydrogen-bond acceptors (Lipinski definition) is 7. The summed E-state index contributed by atoms with van der Waals surface area (Å²) in [6, 6.07) is 8.47. The zero-order chi connectivity index (χ0) is 27.3. The molecule has 0 unspecified atom stereocenters. The van der Waals surface area contributed by atoms with Gasteiger partial charge in [0, 0.05) is 41.9 Å². The van der Waals surface area contributed by atoms with Gasteiger partial charge in [-0.1, -0.05) is 11.6 Å². The molecule has 3 aromatic rings. The first-order valence-corrected chi connectivity index (χ1v) is 12.8. The van der Waals surface area contributed by atoms with Crippen molar-refractivity contribution in [1.82, 2.24) is 9.88 Å².